The molecule has 1 atom stereocenters. The van der Waals surface area contributed by atoms with Crippen molar-refractivity contribution in [2.75, 3.05) is 50.8 Å². The highest BCUT2D eigenvalue weighted by atomic mass is 16.5. The number of anilines is 1. The monoisotopic (exact) mass is 361 g/mol. The number of quaternary nitrogens is 1. The number of hydrogen-bond acceptors (Lipinski definition) is 3. The van der Waals surface area contributed by atoms with Crippen molar-refractivity contribution in [3.05, 3.63) is 29.3 Å². The molecule has 2 heterocycles. The van der Waals surface area contributed by atoms with Crippen LogP contribution in [0.4, 0.5) is 10.5 Å². The molecule has 2 fully saturated rings. The van der Waals surface area contributed by atoms with Crippen LogP contribution in [-0.4, -0.2) is 63.9 Å². The lowest BCUT2D eigenvalue weighted by atomic mass is 10.1. The number of ether oxygens (including phenoxy) is 1. The third kappa shape index (κ3) is 4.74. The molecule has 26 heavy (non-hydrogen) atoms. The molecule has 7 nitrogen and oxygen atoms in total. The first-order valence-electron chi connectivity index (χ1n) is 9.36. The molecule has 1 aromatic carbocycles. The van der Waals surface area contributed by atoms with E-state index in [1.807, 2.05) is 25.1 Å². The van der Waals surface area contributed by atoms with Crippen molar-refractivity contribution in [1.29, 1.82) is 0 Å². The number of carbonyl (C=O) groups excluding carboxylic acids is 2. The minimum Gasteiger partial charge on any atom is -0.370 e. The zero-order chi connectivity index (χ0) is 18.5. The highest BCUT2D eigenvalue weighted by Crippen LogP contribution is 2.23. The first-order chi connectivity index (χ1) is 12.5. The number of amides is 3. The van der Waals surface area contributed by atoms with Gasteiger partial charge in [-0.3, -0.25) is 4.79 Å². The Morgan fingerprint density at radius 3 is 2.77 bits per heavy atom. The fraction of sp³-hybridized carbons (Fsp3) is 0.579. The summed E-state index contributed by atoms with van der Waals surface area (Å²) < 4.78 is 5.33. The predicted octanol–water partition coefficient (Wildman–Crippen LogP) is -0.377. The summed E-state index contributed by atoms with van der Waals surface area (Å²) in [7, 11) is 0. The van der Waals surface area contributed by atoms with Crippen LogP contribution in [-0.2, 0) is 9.53 Å². The van der Waals surface area contributed by atoms with Crippen molar-refractivity contribution in [1.82, 2.24) is 10.6 Å². The summed E-state index contributed by atoms with van der Waals surface area (Å²) in [5, 5.41) is 5.83. The van der Waals surface area contributed by atoms with E-state index < -0.39 is 0 Å². The van der Waals surface area contributed by atoms with Crippen LogP contribution in [0.3, 0.4) is 0 Å². The molecule has 0 aliphatic carbocycles. The topological polar surface area (TPSA) is 75.1 Å². The van der Waals surface area contributed by atoms with Gasteiger partial charge in [0.25, 0.3) is 0 Å². The van der Waals surface area contributed by atoms with Crippen LogP contribution in [0.5, 0.6) is 0 Å². The van der Waals surface area contributed by atoms with E-state index >= 15 is 0 Å². The summed E-state index contributed by atoms with van der Waals surface area (Å²) in [5.41, 5.74) is 3.27. The van der Waals surface area contributed by atoms with Gasteiger partial charge in [0, 0.05) is 18.7 Å². The number of benzene rings is 1. The summed E-state index contributed by atoms with van der Waals surface area (Å²) >= 11 is 0. The molecule has 2 aliphatic rings. The number of urea groups is 1. The second-order valence-corrected chi connectivity index (χ2v) is 7.19. The van der Waals surface area contributed by atoms with E-state index in [2.05, 4.69) is 17.6 Å². The van der Waals surface area contributed by atoms with Crippen molar-refractivity contribution < 1.29 is 19.2 Å². The molecular weight excluding hydrogens is 332 g/mol. The minimum absolute atomic E-state index is 0.0521. The van der Waals surface area contributed by atoms with Crippen LogP contribution < -0.4 is 20.4 Å². The normalized spacial score (nSPS) is 21.1. The summed E-state index contributed by atoms with van der Waals surface area (Å²) in [6, 6.07) is 5.67. The van der Waals surface area contributed by atoms with Gasteiger partial charge in [-0.15, -0.1) is 0 Å². The maximum Gasteiger partial charge on any atom is 0.315 e. The van der Waals surface area contributed by atoms with Gasteiger partial charge in [-0.1, -0.05) is 6.07 Å². The molecule has 0 aromatic heterocycles. The van der Waals surface area contributed by atoms with Gasteiger partial charge in [-0.05, 0) is 37.1 Å². The highest BCUT2D eigenvalue weighted by Gasteiger charge is 2.31. The quantitative estimate of drug-likeness (QED) is 0.670. The predicted molar refractivity (Wildman–Crippen MR) is 99.6 cm³/mol. The van der Waals surface area contributed by atoms with Gasteiger partial charge in [0.1, 0.15) is 13.1 Å². The van der Waals surface area contributed by atoms with E-state index in [4.69, 9.17) is 4.74 Å². The van der Waals surface area contributed by atoms with E-state index in [0.29, 0.717) is 19.5 Å². The molecule has 3 rings (SSSR count). The first kappa shape index (κ1) is 18.7. The van der Waals surface area contributed by atoms with Gasteiger partial charge in [0.15, 0.2) is 0 Å². The molecule has 1 aromatic rings. The molecule has 142 valence electrons. The lowest BCUT2D eigenvalue weighted by Gasteiger charge is -2.24. The Hall–Kier alpha value is -2.12. The van der Waals surface area contributed by atoms with Gasteiger partial charge in [-0.25, -0.2) is 4.79 Å². The summed E-state index contributed by atoms with van der Waals surface area (Å²) in [6.07, 6.45) is 0.342. The lowest BCUT2D eigenvalue weighted by molar-refractivity contribution is -0.906. The van der Waals surface area contributed by atoms with Gasteiger partial charge in [-0.2, -0.15) is 0 Å². The van der Waals surface area contributed by atoms with Gasteiger partial charge >= 0.3 is 6.03 Å². The second-order valence-electron chi connectivity index (χ2n) is 7.19. The average Bonchev–Trinajstić information content (AvgIpc) is 2.98. The van der Waals surface area contributed by atoms with E-state index in [0.717, 1.165) is 44.1 Å². The maximum atomic E-state index is 12.3. The lowest BCUT2D eigenvalue weighted by Crippen LogP contribution is -3.14. The molecule has 0 spiro atoms. The third-order valence-corrected chi connectivity index (χ3v) is 5.23. The van der Waals surface area contributed by atoms with Crippen LogP contribution in [0.25, 0.3) is 0 Å². The van der Waals surface area contributed by atoms with Gasteiger partial charge < -0.3 is 25.2 Å². The van der Waals surface area contributed by atoms with E-state index in [1.54, 1.807) is 4.90 Å². The number of carbonyl (C=O) groups is 2. The van der Waals surface area contributed by atoms with Crippen molar-refractivity contribution >= 4 is 17.6 Å². The SMILES string of the molecule is Cc1ccc(N2C[C@H](NC(=O)NCC[NH+]3CCOCC3)CC2=O)cc1C. The largest absolute Gasteiger partial charge is 0.370 e. The molecule has 0 saturated carbocycles. The Labute approximate surface area is 154 Å². The minimum atomic E-state index is -0.197. The van der Waals surface area contributed by atoms with Gasteiger partial charge in [0.05, 0.1) is 32.3 Å². The Morgan fingerprint density at radius 1 is 1.27 bits per heavy atom. The molecule has 2 saturated heterocycles. The number of nitrogens with zero attached hydrogens (tertiary/aromatic N) is 1. The van der Waals surface area contributed by atoms with Crippen molar-refractivity contribution in [2.45, 2.75) is 26.3 Å². The summed E-state index contributed by atoms with van der Waals surface area (Å²) in [4.78, 5) is 27.6. The molecule has 3 N–H and O–H groups in total. The van der Waals surface area contributed by atoms with Crippen LogP contribution in [0.15, 0.2) is 18.2 Å². The van der Waals surface area contributed by atoms with Crippen LogP contribution in [0.2, 0.25) is 0 Å². The zero-order valence-electron chi connectivity index (χ0n) is 15.6. The zero-order valence-corrected chi connectivity index (χ0v) is 15.6. The Morgan fingerprint density at radius 2 is 2.04 bits per heavy atom. The molecule has 0 unspecified atom stereocenters. The van der Waals surface area contributed by atoms with Crippen molar-refractivity contribution in [2.24, 2.45) is 0 Å². The summed E-state index contributed by atoms with van der Waals surface area (Å²) in [5.74, 6) is 0.0521. The standard InChI is InChI=1S/C19H28N4O3/c1-14-3-4-17(11-15(14)2)23-13-16(12-18(23)24)21-19(25)20-5-6-22-7-9-26-10-8-22/h3-4,11,16H,5-10,12-13H2,1-2H3,(H2,20,21,25)/p+1/t16-/m1/s1. The molecule has 3 amide bonds. The smallest absolute Gasteiger partial charge is 0.315 e. The number of morpholine rings is 1. The van der Waals surface area contributed by atoms with E-state index in [-0.39, 0.29) is 18.0 Å². The van der Waals surface area contributed by atoms with E-state index in [1.165, 1.54) is 10.5 Å². The second kappa shape index (κ2) is 8.51. The molecule has 7 heteroatoms. The Kier molecular flexibility index (Phi) is 6.11. The fourth-order valence-electron chi connectivity index (χ4n) is 3.45. The van der Waals surface area contributed by atoms with Crippen LogP contribution in [0.1, 0.15) is 17.5 Å². The number of aryl methyl sites for hydroxylation is 2. The number of nitrogens with one attached hydrogen (secondary N) is 3. The molecule has 0 radical (unpaired) electrons. The van der Waals surface area contributed by atoms with Crippen molar-refractivity contribution in [3.8, 4) is 0 Å². The molecule has 2 aliphatic heterocycles. The molecule has 0 bridgehead atoms. The fourth-order valence-corrected chi connectivity index (χ4v) is 3.45. The molecular formula is C19H29N4O3+. The van der Waals surface area contributed by atoms with E-state index in [9.17, 15) is 9.59 Å². The van der Waals surface area contributed by atoms with Crippen LogP contribution >= 0.6 is 0 Å². The number of hydrogen-bond donors (Lipinski definition) is 3. The van der Waals surface area contributed by atoms with Crippen molar-refractivity contribution in [3.63, 3.8) is 0 Å². The number of rotatable bonds is 5. The maximum absolute atomic E-state index is 12.3. The van der Waals surface area contributed by atoms with Gasteiger partial charge in [0.2, 0.25) is 5.91 Å². The highest BCUT2D eigenvalue weighted by molar-refractivity contribution is 5.96. The summed E-state index contributed by atoms with van der Waals surface area (Å²) in [6.45, 7) is 9.70. The first-order valence-corrected chi connectivity index (χ1v) is 9.36. The average molecular weight is 361 g/mol. The third-order valence-electron chi connectivity index (χ3n) is 5.23. The van der Waals surface area contributed by atoms with Crippen LogP contribution in [0, 0.1) is 13.8 Å². The Bertz CT molecular complexity index is 658. The Balaban J connectivity index is 1.44.